The fraction of sp³-hybridized carbons (Fsp3) is 0.444. The Morgan fingerprint density at radius 2 is 2.00 bits per heavy atom. The van der Waals surface area contributed by atoms with Gasteiger partial charge in [-0.25, -0.2) is 0 Å². The monoisotopic (exact) mass is 268 g/mol. The van der Waals surface area contributed by atoms with Crippen LogP contribution in [0.25, 0.3) is 10.9 Å². The lowest BCUT2D eigenvalue weighted by Crippen LogP contribution is -2.28. The predicted octanol–water partition coefficient (Wildman–Crippen LogP) is 3.76. The van der Waals surface area contributed by atoms with Gasteiger partial charge in [-0.1, -0.05) is 30.4 Å². The summed E-state index contributed by atoms with van der Waals surface area (Å²) in [6.45, 7) is 3.63. The van der Waals surface area contributed by atoms with Crippen molar-refractivity contribution < 1.29 is 0 Å². The third-order valence-corrected chi connectivity index (χ3v) is 4.29. The molecule has 2 aromatic rings. The van der Waals surface area contributed by atoms with Crippen LogP contribution in [0.4, 0.5) is 0 Å². The number of nitrogens with zero attached hydrogens (tertiary/aromatic N) is 2. The molecule has 20 heavy (non-hydrogen) atoms. The Labute approximate surface area is 121 Å². The number of para-hydroxylation sites is 1. The summed E-state index contributed by atoms with van der Waals surface area (Å²) >= 11 is 0. The molecule has 2 heteroatoms. The number of rotatable bonds is 5. The van der Waals surface area contributed by atoms with Gasteiger partial charge >= 0.3 is 0 Å². The first-order valence-electron chi connectivity index (χ1n) is 7.75. The number of hydrogen-bond donors (Lipinski definition) is 0. The first-order chi connectivity index (χ1) is 9.84. The molecule has 0 aliphatic carbocycles. The average molecular weight is 268 g/mol. The van der Waals surface area contributed by atoms with Crippen LogP contribution in [0.3, 0.4) is 0 Å². The Hall–Kier alpha value is -1.54. The van der Waals surface area contributed by atoms with Crippen LogP contribution in [0, 0.1) is 0 Å². The summed E-state index contributed by atoms with van der Waals surface area (Å²) in [4.78, 5) is 2.56. The lowest BCUT2D eigenvalue weighted by Gasteiger charge is -2.22. The third kappa shape index (κ3) is 2.96. The summed E-state index contributed by atoms with van der Waals surface area (Å²) in [6, 6.07) is 8.72. The molecule has 1 aliphatic heterocycles. The maximum atomic E-state index is 2.56. The Bertz CT molecular complexity index is 594. The molecule has 0 unspecified atom stereocenters. The van der Waals surface area contributed by atoms with E-state index in [0.717, 1.165) is 6.54 Å². The molecule has 0 radical (unpaired) electrons. The van der Waals surface area contributed by atoms with E-state index in [4.69, 9.17) is 0 Å². The average Bonchev–Trinajstić information content (AvgIpc) is 2.82. The van der Waals surface area contributed by atoms with E-state index in [0.29, 0.717) is 0 Å². The van der Waals surface area contributed by atoms with Gasteiger partial charge in [0, 0.05) is 37.2 Å². The highest BCUT2D eigenvalue weighted by atomic mass is 15.1. The second-order valence-electron chi connectivity index (χ2n) is 5.80. The van der Waals surface area contributed by atoms with Crippen molar-refractivity contribution in [2.45, 2.75) is 25.7 Å². The quantitative estimate of drug-likeness (QED) is 0.592. The maximum absolute atomic E-state index is 2.56. The first-order valence-corrected chi connectivity index (χ1v) is 7.75. The van der Waals surface area contributed by atoms with Crippen LogP contribution in [-0.2, 0) is 13.5 Å². The zero-order chi connectivity index (χ0) is 13.8. The second-order valence-corrected chi connectivity index (χ2v) is 5.80. The van der Waals surface area contributed by atoms with E-state index in [-0.39, 0.29) is 0 Å². The second kappa shape index (κ2) is 6.27. The van der Waals surface area contributed by atoms with Crippen LogP contribution in [0.15, 0.2) is 42.6 Å². The highest BCUT2D eigenvalue weighted by Gasteiger charge is 2.07. The van der Waals surface area contributed by atoms with E-state index in [9.17, 15) is 0 Å². The molecule has 1 aliphatic rings. The molecule has 3 rings (SSSR count). The number of hydrogen-bond acceptors (Lipinski definition) is 1. The van der Waals surface area contributed by atoms with Crippen LogP contribution >= 0.6 is 0 Å². The SMILES string of the molecule is Cn1cc(CCCCN2CC=CCC2)c2ccccc21. The molecule has 0 atom stereocenters. The number of aryl methyl sites for hydroxylation is 2. The fourth-order valence-electron chi connectivity index (χ4n) is 3.17. The molecule has 0 fully saturated rings. The third-order valence-electron chi connectivity index (χ3n) is 4.29. The number of aromatic nitrogens is 1. The van der Waals surface area contributed by atoms with Gasteiger partial charge in [0.1, 0.15) is 0 Å². The van der Waals surface area contributed by atoms with Gasteiger partial charge in [-0.05, 0) is 43.9 Å². The molecule has 0 spiro atoms. The van der Waals surface area contributed by atoms with Crippen LogP contribution < -0.4 is 0 Å². The van der Waals surface area contributed by atoms with Gasteiger partial charge in [0.25, 0.3) is 0 Å². The van der Waals surface area contributed by atoms with E-state index in [1.807, 2.05) is 0 Å². The molecule has 106 valence electrons. The van der Waals surface area contributed by atoms with Crippen molar-refractivity contribution in [1.82, 2.24) is 9.47 Å². The van der Waals surface area contributed by atoms with Crippen molar-refractivity contribution in [2.24, 2.45) is 7.05 Å². The number of fused-ring (bicyclic) bond motifs is 1. The highest BCUT2D eigenvalue weighted by molar-refractivity contribution is 5.83. The summed E-state index contributed by atoms with van der Waals surface area (Å²) in [5, 5.41) is 1.43. The largest absolute Gasteiger partial charge is 0.350 e. The van der Waals surface area contributed by atoms with Crippen LogP contribution in [0.2, 0.25) is 0 Å². The molecule has 0 saturated heterocycles. The van der Waals surface area contributed by atoms with Crippen molar-refractivity contribution in [3.8, 4) is 0 Å². The minimum absolute atomic E-state index is 1.15. The van der Waals surface area contributed by atoms with E-state index in [2.05, 4.69) is 59.1 Å². The normalized spacial score (nSPS) is 16.1. The van der Waals surface area contributed by atoms with E-state index < -0.39 is 0 Å². The van der Waals surface area contributed by atoms with E-state index >= 15 is 0 Å². The zero-order valence-corrected chi connectivity index (χ0v) is 12.4. The van der Waals surface area contributed by atoms with Gasteiger partial charge in [-0.15, -0.1) is 0 Å². The zero-order valence-electron chi connectivity index (χ0n) is 12.4. The van der Waals surface area contributed by atoms with E-state index in [1.165, 1.54) is 55.2 Å². The van der Waals surface area contributed by atoms with Crippen LogP contribution in [0.5, 0.6) is 0 Å². The standard InChI is InChI=1S/C18H24N2/c1-19-15-16(17-10-3-4-11-18(17)19)9-5-8-14-20-12-6-2-7-13-20/h2-4,6,10-11,15H,5,7-9,12-14H2,1H3. The maximum Gasteiger partial charge on any atom is 0.0480 e. The van der Waals surface area contributed by atoms with Crippen molar-refractivity contribution in [3.63, 3.8) is 0 Å². The molecule has 0 bridgehead atoms. The van der Waals surface area contributed by atoms with Crippen molar-refractivity contribution in [3.05, 3.63) is 48.2 Å². The summed E-state index contributed by atoms with van der Waals surface area (Å²) < 4.78 is 2.25. The highest BCUT2D eigenvalue weighted by Crippen LogP contribution is 2.21. The molecule has 1 aromatic heterocycles. The van der Waals surface area contributed by atoms with Gasteiger partial charge < -0.3 is 4.57 Å². The van der Waals surface area contributed by atoms with Gasteiger partial charge in [0.2, 0.25) is 0 Å². The lowest BCUT2D eigenvalue weighted by atomic mass is 10.1. The molecular formula is C18H24N2. The lowest BCUT2D eigenvalue weighted by molar-refractivity contribution is 0.292. The van der Waals surface area contributed by atoms with Crippen molar-refractivity contribution >= 4 is 10.9 Å². The first kappa shape index (κ1) is 13.4. The van der Waals surface area contributed by atoms with Gasteiger partial charge in [-0.3, -0.25) is 4.90 Å². The Morgan fingerprint density at radius 1 is 1.10 bits per heavy atom. The van der Waals surface area contributed by atoms with Gasteiger partial charge in [0.05, 0.1) is 0 Å². The molecule has 2 heterocycles. The summed E-state index contributed by atoms with van der Waals surface area (Å²) in [6.07, 6.45) is 11.9. The topological polar surface area (TPSA) is 8.17 Å². The molecule has 2 nitrogen and oxygen atoms in total. The predicted molar refractivity (Wildman–Crippen MR) is 86.1 cm³/mol. The minimum atomic E-state index is 1.15. The van der Waals surface area contributed by atoms with E-state index in [1.54, 1.807) is 0 Å². The van der Waals surface area contributed by atoms with Gasteiger partial charge in [0.15, 0.2) is 0 Å². The van der Waals surface area contributed by atoms with Crippen LogP contribution in [-0.4, -0.2) is 29.1 Å². The fourth-order valence-corrected chi connectivity index (χ4v) is 3.17. The smallest absolute Gasteiger partial charge is 0.0480 e. The van der Waals surface area contributed by atoms with Crippen LogP contribution in [0.1, 0.15) is 24.8 Å². The molecular weight excluding hydrogens is 244 g/mol. The van der Waals surface area contributed by atoms with Crippen molar-refractivity contribution in [1.29, 1.82) is 0 Å². The number of benzene rings is 1. The molecule has 0 saturated carbocycles. The molecule has 0 N–H and O–H groups in total. The van der Waals surface area contributed by atoms with Crippen molar-refractivity contribution in [2.75, 3.05) is 19.6 Å². The summed E-state index contributed by atoms with van der Waals surface area (Å²) in [7, 11) is 2.14. The summed E-state index contributed by atoms with van der Waals surface area (Å²) in [5.74, 6) is 0. The minimum Gasteiger partial charge on any atom is -0.350 e. The Balaban J connectivity index is 1.53. The molecule has 1 aromatic carbocycles. The Kier molecular flexibility index (Phi) is 4.22. The Morgan fingerprint density at radius 3 is 2.85 bits per heavy atom. The molecule has 0 amide bonds. The summed E-state index contributed by atoms with van der Waals surface area (Å²) in [5.41, 5.74) is 2.85. The number of unbranched alkanes of at least 4 members (excludes halogenated alkanes) is 1. The van der Waals surface area contributed by atoms with Gasteiger partial charge in [-0.2, -0.15) is 0 Å².